The van der Waals surface area contributed by atoms with E-state index in [9.17, 15) is 4.79 Å². The summed E-state index contributed by atoms with van der Waals surface area (Å²) >= 11 is 0. The van der Waals surface area contributed by atoms with E-state index in [1.807, 2.05) is 4.57 Å². The standard InChI is InChI=1S/C21H36N4O/c1-21(2,3)19-13-20(26)25(16-22-19)14-17-8-11-24(12-9-17)15-18-7-5-6-10-23(18)4/h13,16-18H,5-12,14-15H2,1-4H3. The minimum absolute atomic E-state index is 0.0735. The highest BCUT2D eigenvalue weighted by atomic mass is 16.1. The van der Waals surface area contributed by atoms with Gasteiger partial charge in [-0.15, -0.1) is 0 Å². The summed E-state index contributed by atoms with van der Waals surface area (Å²) in [5.74, 6) is 0.593. The Morgan fingerprint density at radius 1 is 1.08 bits per heavy atom. The number of hydrogen-bond acceptors (Lipinski definition) is 4. The van der Waals surface area contributed by atoms with Crippen LogP contribution >= 0.6 is 0 Å². The topological polar surface area (TPSA) is 41.4 Å². The Hall–Kier alpha value is -1.20. The van der Waals surface area contributed by atoms with Crippen LogP contribution in [0.25, 0.3) is 0 Å². The molecule has 0 saturated carbocycles. The van der Waals surface area contributed by atoms with Gasteiger partial charge in [0.2, 0.25) is 0 Å². The van der Waals surface area contributed by atoms with E-state index in [0.29, 0.717) is 5.92 Å². The molecule has 2 fully saturated rings. The van der Waals surface area contributed by atoms with E-state index in [2.05, 4.69) is 42.6 Å². The van der Waals surface area contributed by atoms with Crippen LogP contribution < -0.4 is 5.56 Å². The molecule has 0 bridgehead atoms. The van der Waals surface area contributed by atoms with Crippen LogP contribution in [0.4, 0.5) is 0 Å². The minimum Gasteiger partial charge on any atom is -0.302 e. The van der Waals surface area contributed by atoms with Gasteiger partial charge in [-0.1, -0.05) is 27.2 Å². The second-order valence-corrected chi connectivity index (χ2v) is 9.39. The Kier molecular flexibility index (Phi) is 6.18. The molecule has 0 aliphatic carbocycles. The van der Waals surface area contributed by atoms with Crippen LogP contribution in [-0.2, 0) is 12.0 Å². The SMILES string of the molecule is CN1CCCCC1CN1CCC(Cn2cnc(C(C)(C)C)cc2=O)CC1. The van der Waals surface area contributed by atoms with Gasteiger partial charge in [-0.25, -0.2) is 4.98 Å². The zero-order chi connectivity index (χ0) is 18.7. The molecule has 2 aliphatic heterocycles. The molecule has 5 nitrogen and oxygen atoms in total. The van der Waals surface area contributed by atoms with Crippen molar-refractivity contribution in [2.45, 2.75) is 70.9 Å². The molecular formula is C21H36N4O. The van der Waals surface area contributed by atoms with Gasteiger partial charge in [-0.05, 0) is 58.3 Å². The summed E-state index contributed by atoms with van der Waals surface area (Å²) in [4.78, 5) is 22.1. The van der Waals surface area contributed by atoms with E-state index >= 15 is 0 Å². The van der Waals surface area contributed by atoms with Crippen molar-refractivity contribution in [2.75, 3.05) is 33.2 Å². The molecule has 0 aromatic carbocycles. The van der Waals surface area contributed by atoms with Crippen LogP contribution in [0.1, 0.15) is 58.6 Å². The largest absolute Gasteiger partial charge is 0.302 e. The predicted octanol–water partition coefficient (Wildman–Crippen LogP) is 2.74. The summed E-state index contributed by atoms with van der Waals surface area (Å²) in [5, 5.41) is 0. The van der Waals surface area contributed by atoms with Gasteiger partial charge < -0.3 is 9.80 Å². The number of rotatable bonds is 4. The molecule has 5 heteroatoms. The van der Waals surface area contributed by atoms with Crippen molar-refractivity contribution in [3.8, 4) is 0 Å². The fourth-order valence-corrected chi connectivity index (χ4v) is 4.28. The highest BCUT2D eigenvalue weighted by molar-refractivity contribution is 5.10. The molecule has 1 atom stereocenters. The first kappa shape index (κ1) is 19.6. The molecule has 0 radical (unpaired) electrons. The lowest BCUT2D eigenvalue weighted by Crippen LogP contribution is -2.47. The molecule has 26 heavy (non-hydrogen) atoms. The first-order valence-corrected chi connectivity index (χ1v) is 10.3. The van der Waals surface area contributed by atoms with E-state index in [0.717, 1.165) is 31.4 Å². The molecule has 1 aromatic rings. The Morgan fingerprint density at radius 3 is 2.42 bits per heavy atom. The molecule has 1 unspecified atom stereocenters. The summed E-state index contributed by atoms with van der Waals surface area (Å²) in [5.41, 5.74) is 0.900. The molecule has 1 aromatic heterocycles. The van der Waals surface area contributed by atoms with Gasteiger partial charge in [0.25, 0.3) is 5.56 Å². The highest BCUT2D eigenvalue weighted by Crippen LogP contribution is 2.22. The fraction of sp³-hybridized carbons (Fsp3) is 0.810. The van der Waals surface area contributed by atoms with Crippen LogP contribution in [-0.4, -0.2) is 58.6 Å². The molecule has 2 saturated heterocycles. The van der Waals surface area contributed by atoms with E-state index in [1.165, 1.54) is 45.2 Å². The summed E-state index contributed by atoms with van der Waals surface area (Å²) in [6, 6.07) is 2.45. The van der Waals surface area contributed by atoms with Gasteiger partial charge in [0.1, 0.15) is 0 Å². The molecule has 0 amide bonds. The van der Waals surface area contributed by atoms with Gasteiger partial charge in [-0.3, -0.25) is 9.36 Å². The maximum absolute atomic E-state index is 12.4. The lowest BCUT2D eigenvalue weighted by atomic mass is 9.92. The average molecular weight is 361 g/mol. The van der Waals surface area contributed by atoms with Crippen LogP contribution in [0.15, 0.2) is 17.2 Å². The van der Waals surface area contributed by atoms with Crippen molar-refractivity contribution in [2.24, 2.45) is 5.92 Å². The minimum atomic E-state index is -0.0735. The highest BCUT2D eigenvalue weighted by Gasteiger charge is 2.25. The number of likely N-dealkylation sites (tertiary alicyclic amines) is 2. The third kappa shape index (κ3) is 4.95. The zero-order valence-electron chi connectivity index (χ0n) is 17.1. The number of likely N-dealkylation sites (N-methyl/N-ethyl adjacent to an activating group) is 1. The predicted molar refractivity (Wildman–Crippen MR) is 107 cm³/mol. The van der Waals surface area contributed by atoms with E-state index in [-0.39, 0.29) is 11.0 Å². The molecule has 3 heterocycles. The van der Waals surface area contributed by atoms with Crippen molar-refractivity contribution >= 4 is 0 Å². The quantitative estimate of drug-likeness (QED) is 0.828. The van der Waals surface area contributed by atoms with Gasteiger partial charge >= 0.3 is 0 Å². The molecule has 2 aliphatic rings. The second-order valence-electron chi connectivity index (χ2n) is 9.39. The van der Waals surface area contributed by atoms with Crippen molar-refractivity contribution < 1.29 is 0 Å². The van der Waals surface area contributed by atoms with Crippen molar-refractivity contribution in [1.29, 1.82) is 0 Å². The van der Waals surface area contributed by atoms with Crippen LogP contribution in [0.5, 0.6) is 0 Å². The number of hydrogen-bond donors (Lipinski definition) is 0. The summed E-state index contributed by atoms with van der Waals surface area (Å²) in [7, 11) is 2.28. The van der Waals surface area contributed by atoms with Crippen LogP contribution in [0, 0.1) is 5.92 Å². The third-order valence-corrected chi connectivity index (χ3v) is 6.20. The smallest absolute Gasteiger partial charge is 0.253 e. The van der Waals surface area contributed by atoms with Crippen LogP contribution in [0.2, 0.25) is 0 Å². The number of nitrogens with zero attached hydrogens (tertiary/aromatic N) is 4. The first-order chi connectivity index (χ1) is 12.3. The molecular weight excluding hydrogens is 324 g/mol. The van der Waals surface area contributed by atoms with Crippen molar-refractivity contribution in [3.63, 3.8) is 0 Å². The zero-order valence-corrected chi connectivity index (χ0v) is 17.1. The normalized spacial score (nSPS) is 24.1. The van der Waals surface area contributed by atoms with E-state index in [1.54, 1.807) is 12.4 Å². The molecule has 3 rings (SSSR count). The summed E-state index contributed by atoms with van der Waals surface area (Å²) in [6.45, 7) is 11.9. The van der Waals surface area contributed by atoms with Gasteiger partial charge in [0.05, 0.1) is 12.0 Å². The number of aromatic nitrogens is 2. The summed E-state index contributed by atoms with van der Waals surface area (Å²) < 4.78 is 1.81. The summed E-state index contributed by atoms with van der Waals surface area (Å²) in [6.07, 6.45) is 8.20. The van der Waals surface area contributed by atoms with Gasteiger partial charge in [0.15, 0.2) is 0 Å². The Morgan fingerprint density at radius 2 is 1.81 bits per heavy atom. The lowest BCUT2D eigenvalue weighted by Gasteiger charge is -2.39. The van der Waals surface area contributed by atoms with E-state index in [4.69, 9.17) is 0 Å². The third-order valence-electron chi connectivity index (χ3n) is 6.20. The molecule has 146 valence electrons. The Labute approximate surface area is 158 Å². The average Bonchev–Trinajstić information content (AvgIpc) is 2.59. The van der Waals surface area contributed by atoms with Crippen molar-refractivity contribution in [3.05, 3.63) is 28.4 Å². The Bertz CT molecular complexity index is 640. The fourth-order valence-electron chi connectivity index (χ4n) is 4.28. The second kappa shape index (κ2) is 8.22. The molecule has 0 spiro atoms. The van der Waals surface area contributed by atoms with E-state index < -0.39 is 0 Å². The molecule has 0 N–H and O–H groups in total. The Balaban J connectivity index is 1.50. The van der Waals surface area contributed by atoms with Gasteiger partial charge in [0, 0.05) is 30.6 Å². The monoisotopic (exact) mass is 360 g/mol. The maximum atomic E-state index is 12.4. The van der Waals surface area contributed by atoms with Crippen molar-refractivity contribution in [1.82, 2.24) is 19.4 Å². The van der Waals surface area contributed by atoms with Gasteiger partial charge in [-0.2, -0.15) is 0 Å². The maximum Gasteiger partial charge on any atom is 0.253 e. The lowest BCUT2D eigenvalue weighted by molar-refractivity contribution is 0.100. The van der Waals surface area contributed by atoms with Crippen LogP contribution in [0.3, 0.4) is 0 Å². The number of piperidine rings is 2. The first-order valence-electron chi connectivity index (χ1n) is 10.3.